The summed E-state index contributed by atoms with van der Waals surface area (Å²) in [6.07, 6.45) is 1.61. The molecule has 5 nitrogen and oxygen atoms in total. The summed E-state index contributed by atoms with van der Waals surface area (Å²) in [6.45, 7) is 1.96. The molecule has 0 bridgehead atoms. The summed E-state index contributed by atoms with van der Waals surface area (Å²) in [5.74, 6) is 0.105. The smallest absolute Gasteiger partial charge is 0.321 e. The molecule has 27 heavy (non-hydrogen) atoms. The summed E-state index contributed by atoms with van der Waals surface area (Å²) in [4.78, 5) is 29.0. The first kappa shape index (κ1) is 18.7. The molecule has 1 fully saturated rings. The van der Waals surface area contributed by atoms with E-state index in [0.29, 0.717) is 19.6 Å². The Morgan fingerprint density at radius 3 is 2.48 bits per heavy atom. The molecule has 2 aliphatic heterocycles. The predicted octanol–water partition coefficient (Wildman–Crippen LogP) is 4.71. The van der Waals surface area contributed by atoms with Gasteiger partial charge in [-0.15, -0.1) is 0 Å². The fraction of sp³-hybridized carbons (Fsp3) is 0.300. The number of benzene rings is 2. The molecule has 2 aromatic rings. The van der Waals surface area contributed by atoms with Gasteiger partial charge in [0.15, 0.2) is 0 Å². The van der Waals surface area contributed by atoms with Crippen molar-refractivity contribution < 1.29 is 9.59 Å². The van der Waals surface area contributed by atoms with E-state index in [1.165, 1.54) is 0 Å². The summed E-state index contributed by atoms with van der Waals surface area (Å²) in [5, 5.41) is 2.95. The molecular formula is C20H19BrIN3O2. The lowest BCUT2D eigenvalue weighted by atomic mass is 10.0. The zero-order chi connectivity index (χ0) is 19.0. The minimum atomic E-state index is -0.0755. The van der Waals surface area contributed by atoms with E-state index < -0.39 is 0 Å². The predicted molar refractivity (Wildman–Crippen MR) is 117 cm³/mol. The number of piperidine rings is 1. The first-order chi connectivity index (χ1) is 13.0. The van der Waals surface area contributed by atoms with E-state index >= 15 is 0 Å². The number of fused-ring (bicyclic) bond motifs is 1. The molecule has 2 heterocycles. The van der Waals surface area contributed by atoms with Crippen LogP contribution in [0.1, 0.15) is 28.8 Å². The highest BCUT2D eigenvalue weighted by molar-refractivity contribution is 14.1. The van der Waals surface area contributed by atoms with Crippen LogP contribution in [-0.2, 0) is 6.54 Å². The fourth-order valence-corrected chi connectivity index (χ4v) is 4.58. The van der Waals surface area contributed by atoms with Crippen LogP contribution in [0.4, 0.5) is 10.5 Å². The molecular weight excluding hydrogens is 521 g/mol. The number of nitrogens with one attached hydrogen (secondary N) is 1. The van der Waals surface area contributed by atoms with Gasteiger partial charge in [0.1, 0.15) is 0 Å². The maximum absolute atomic E-state index is 12.7. The van der Waals surface area contributed by atoms with Crippen LogP contribution < -0.4 is 5.32 Å². The molecule has 2 aromatic carbocycles. The van der Waals surface area contributed by atoms with Gasteiger partial charge in [-0.1, -0.05) is 22.0 Å². The van der Waals surface area contributed by atoms with Crippen LogP contribution in [-0.4, -0.2) is 40.9 Å². The van der Waals surface area contributed by atoms with Crippen molar-refractivity contribution in [3.8, 4) is 0 Å². The van der Waals surface area contributed by atoms with Crippen molar-refractivity contribution in [1.29, 1.82) is 0 Å². The van der Waals surface area contributed by atoms with E-state index in [1.54, 1.807) is 0 Å². The molecule has 140 valence electrons. The van der Waals surface area contributed by atoms with Crippen LogP contribution in [0.3, 0.4) is 0 Å². The third-order valence-electron chi connectivity index (χ3n) is 5.23. The molecule has 0 radical (unpaired) electrons. The molecule has 0 aromatic heterocycles. The van der Waals surface area contributed by atoms with Crippen LogP contribution in [0.2, 0.25) is 0 Å². The number of carbonyl (C=O) groups excluding carboxylic acids is 2. The number of hydrogen-bond donors (Lipinski definition) is 1. The van der Waals surface area contributed by atoms with E-state index in [2.05, 4.69) is 43.8 Å². The first-order valence-corrected chi connectivity index (χ1v) is 10.8. The maximum Gasteiger partial charge on any atom is 0.321 e. The Morgan fingerprint density at radius 2 is 1.81 bits per heavy atom. The van der Waals surface area contributed by atoms with Crippen LogP contribution >= 0.6 is 38.5 Å². The summed E-state index contributed by atoms with van der Waals surface area (Å²) in [5.41, 5.74) is 2.67. The Kier molecular flexibility index (Phi) is 5.41. The lowest BCUT2D eigenvalue weighted by Gasteiger charge is -2.36. The van der Waals surface area contributed by atoms with Gasteiger partial charge in [0.05, 0.1) is 0 Å². The van der Waals surface area contributed by atoms with Gasteiger partial charge in [0, 0.05) is 45.0 Å². The Hall–Kier alpha value is -1.61. The Labute approximate surface area is 180 Å². The van der Waals surface area contributed by atoms with Crippen LogP contribution in [0.5, 0.6) is 0 Å². The van der Waals surface area contributed by atoms with Crippen molar-refractivity contribution in [1.82, 2.24) is 9.80 Å². The molecule has 7 heteroatoms. The van der Waals surface area contributed by atoms with Gasteiger partial charge >= 0.3 is 6.03 Å². The number of likely N-dealkylation sites (tertiary alicyclic amines) is 1. The average Bonchev–Trinajstić information content (AvgIpc) is 3.02. The van der Waals surface area contributed by atoms with Gasteiger partial charge in [-0.3, -0.25) is 4.79 Å². The molecule has 0 spiro atoms. The normalized spacial score (nSPS) is 17.2. The first-order valence-electron chi connectivity index (χ1n) is 8.93. The lowest BCUT2D eigenvalue weighted by Crippen LogP contribution is -2.48. The molecule has 0 aliphatic carbocycles. The molecule has 0 saturated carbocycles. The van der Waals surface area contributed by atoms with Crippen molar-refractivity contribution in [2.75, 3.05) is 18.4 Å². The maximum atomic E-state index is 12.7. The Bertz CT molecular complexity index is 879. The number of anilines is 1. The Morgan fingerprint density at radius 1 is 1.11 bits per heavy atom. The van der Waals surface area contributed by atoms with Crippen molar-refractivity contribution in [3.05, 3.63) is 61.6 Å². The van der Waals surface area contributed by atoms with Gasteiger partial charge < -0.3 is 15.1 Å². The second-order valence-electron chi connectivity index (χ2n) is 6.85. The van der Waals surface area contributed by atoms with E-state index in [1.807, 2.05) is 52.3 Å². The largest absolute Gasteiger partial charge is 0.331 e. The second-order valence-corrected chi connectivity index (χ2v) is 8.95. The molecule has 1 saturated heterocycles. The number of halogens is 2. The van der Waals surface area contributed by atoms with Gasteiger partial charge in [-0.25, -0.2) is 4.79 Å². The zero-order valence-corrected chi connectivity index (χ0v) is 18.4. The van der Waals surface area contributed by atoms with Crippen LogP contribution in [0, 0.1) is 3.57 Å². The van der Waals surface area contributed by atoms with Crippen LogP contribution in [0.25, 0.3) is 0 Å². The highest BCUT2D eigenvalue weighted by atomic mass is 127. The summed E-state index contributed by atoms with van der Waals surface area (Å²) in [7, 11) is 0. The van der Waals surface area contributed by atoms with E-state index in [-0.39, 0.29) is 18.0 Å². The quantitative estimate of drug-likeness (QED) is 0.562. The average molecular weight is 540 g/mol. The van der Waals surface area contributed by atoms with E-state index in [0.717, 1.165) is 37.7 Å². The highest BCUT2D eigenvalue weighted by Gasteiger charge is 2.35. The number of carbonyl (C=O) groups is 2. The minimum absolute atomic E-state index is 0.0755. The topological polar surface area (TPSA) is 52.7 Å². The number of urea groups is 1. The summed E-state index contributed by atoms with van der Waals surface area (Å²) >= 11 is 5.79. The zero-order valence-electron chi connectivity index (χ0n) is 14.6. The number of nitrogens with zero attached hydrogens (tertiary/aromatic N) is 2. The van der Waals surface area contributed by atoms with Gasteiger partial charge in [0.25, 0.3) is 5.91 Å². The fourth-order valence-electron chi connectivity index (χ4n) is 3.73. The van der Waals surface area contributed by atoms with Gasteiger partial charge in [0.2, 0.25) is 0 Å². The third-order valence-corrected chi connectivity index (χ3v) is 6.69. The van der Waals surface area contributed by atoms with Crippen molar-refractivity contribution in [3.63, 3.8) is 0 Å². The number of rotatable bonds is 2. The number of hydrogen-bond acceptors (Lipinski definition) is 2. The van der Waals surface area contributed by atoms with E-state index in [4.69, 9.17) is 0 Å². The summed E-state index contributed by atoms with van der Waals surface area (Å²) in [6, 6.07) is 13.6. The third kappa shape index (κ3) is 3.85. The monoisotopic (exact) mass is 539 g/mol. The second kappa shape index (κ2) is 7.79. The standard InChI is InChI=1S/C20H19BrIN3O2/c21-18-3-1-2-16-17(18)12-25(19(16)26)15-8-10-24(11-9-15)20(27)23-14-6-4-13(22)5-7-14/h1-7,15H,8-12H2,(H,23,27). The molecule has 0 unspecified atom stereocenters. The van der Waals surface area contributed by atoms with Crippen LogP contribution in [0.15, 0.2) is 46.9 Å². The van der Waals surface area contributed by atoms with Crippen molar-refractivity contribution in [2.24, 2.45) is 0 Å². The lowest BCUT2D eigenvalue weighted by molar-refractivity contribution is 0.0626. The molecule has 2 aliphatic rings. The Balaban J connectivity index is 1.35. The minimum Gasteiger partial charge on any atom is -0.331 e. The van der Waals surface area contributed by atoms with Gasteiger partial charge in [-0.05, 0) is 77.4 Å². The molecule has 0 atom stereocenters. The van der Waals surface area contributed by atoms with E-state index in [9.17, 15) is 9.59 Å². The number of amides is 3. The molecule has 3 amide bonds. The van der Waals surface area contributed by atoms with Gasteiger partial charge in [-0.2, -0.15) is 0 Å². The van der Waals surface area contributed by atoms with Crippen molar-refractivity contribution in [2.45, 2.75) is 25.4 Å². The SMILES string of the molecule is O=C(Nc1ccc(I)cc1)N1CCC(N2Cc3c(Br)cccc3C2=O)CC1. The van der Waals surface area contributed by atoms with Crippen molar-refractivity contribution >= 4 is 56.1 Å². The summed E-state index contributed by atoms with van der Waals surface area (Å²) < 4.78 is 2.12. The molecule has 1 N–H and O–H groups in total. The molecule has 4 rings (SSSR count). The highest BCUT2D eigenvalue weighted by Crippen LogP contribution is 2.32.